The van der Waals surface area contributed by atoms with E-state index in [4.69, 9.17) is 0 Å². The van der Waals surface area contributed by atoms with E-state index in [2.05, 4.69) is 26.9 Å². The minimum absolute atomic E-state index is 0.00811. The van der Waals surface area contributed by atoms with Gasteiger partial charge in [-0.05, 0) is 17.7 Å². The number of carbonyl (C=O) groups is 2. The molecule has 0 bridgehead atoms. The van der Waals surface area contributed by atoms with Gasteiger partial charge in [0.05, 0.1) is 24.9 Å². The van der Waals surface area contributed by atoms with E-state index in [-0.39, 0.29) is 38.5 Å². The fourth-order valence-electron chi connectivity index (χ4n) is 4.83. The molecule has 3 aliphatic heterocycles. The number of hydrogen-bond donors (Lipinski definition) is 3. The van der Waals surface area contributed by atoms with Gasteiger partial charge >= 0.3 is 6.09 Å². The number of halogens is 1. The lowest BCUT2D eigenvalue weighted by molar-refractivity contribution is -0.138. The Hall–Kier alpha value is -3.98. The van der Waals surface area contributed by atoms with E-state index in [9.17, 15) is 24.3 Å². The van der Waals surface area contributed by atoms with Crippen LogP contribution in [-0.4, -0.2) is 79.0 Å². The molecule has 2 aromatic rings. The first-order valence-corrected chi connectivity index (χ1v) is 11.0. The minimum Gasteiger partial charge on any atom is -0.465 e. The average molecular weight is 466 g/mol. The van der Waals surface area contributed by atoms with Crippen LogP contribution >= 0.6 is 0 Å². The third-order valence-corrected chi connectivity index (χ3v) is 6.59. The van der Waals surface area contributed by atoms with Crippen LogP contribution in [0, 0.1) is 23.1 Å². The number of benzene rings is 1. The summed E-state index contributed by atoms with van der Waals surface area (Å²) in [6.07, 6.45) is 1.17. The standard InChI is InChI=1S/C22H23FN8O3/c23-16-4-2-1-3-14(16)9-22(20(32)29-6-5-17-18(13-29)26-28-25-17)10-19-15(11-24)12-30(21(33)34)7-8-31(19)27-22/h1-4,10,15,27H,5-9,12-13H2,(H,33,34)(H,25,26,28). The molecule has 0 saturated carbocycles. The SMILES string of the molecule is N#CC1CN(C(=O)O)CCN2NC(Cc3ccccc3F)(C(=O)N3CCc4[nH]nnc4C3)C=C12. The zero-order valence-electron chi connectivity index (χ0n) is 18.2. The predicted molar refractivity (Wildman–Crippen MR) is 115 cm³/mol. The molecule has 11 nitrogen and oxygen atoms in total. The Morgan fingerprint density at radius 1 is 1.26 bits per heavy atom. The van der Waals surface area contributed by atoms with E-state index in [0.717, 1.165) is 5.69 Å². The lowest BCUT2D eigenvalue weighted by Crippen LogP contribution is -2.60. The lowest BCUT2D eigenvalue weighted by atomic mass is 9.87. The summed E-state index contributed by atoms with van der Waals surface area (Å²) < 4.78 is 14.7. The first kappa shape index (κ1) is 21.8. The Morgan fingerprint density at radius 3 is 2.85 bits per heavy atom. The van der Waals surface area contributed by atoms with Gasteiger partial charge in [0.25, 0.3) is 0 Å². The number of nitrogens with zero attached hydrogens (tertiary/aromatic N) is 6. The number of carbonyl (C=O) groups excluding carboxylic acids is 1. The largest absolute Gasteiger partial charge is 0.465 e. The first-order valence-electron chi connectivity index (χ1n) is 11.0. The molecule has 1 aromatic carbocycles. The number of hydrogen-bond acceptors (Lipinski definition) is 7. The average Bonchev–Trinajstić information content (AvgIpc) is 3.41. The van der Waals surface area contributed by atoms with E-state index < -0.39 is 23.4 Å². The number of hydrazine groups is 1. The van der Waals surface area contributed by atoms with Gasteiger partial charge in [0, 0.05) is 38.2 Å². The molecular formula is C22H23FN8O3. The summed E-state index contributed by atoms with van der Waals surface area (Å²) in [6, 6.07) is 8.44. The van der Waals surface area contributed by atoms with Gasteiger partial charge in [0.15, 0.2) is 0 Å². The molecule has 2 atom stereocenters. The Labute approximate surface area is 194 Å². The molecule has 5 rings (SSSR count). The minimum atomic E-state index is -1.33. The second-order valence-corrected chi connectivity index (χ2v) is 8.70. The van der Waals surface area contributed by atoms with Crippen LogP contribution in [0.25, 0.3) is 0 Å². The number of nitriles is 1. The molecule has 3 N–H and O–H groups in total. The number of amides is 2. The zero-order chi connectivity index (χ0) is 23.9. The van der Waals surface area contributed by atoms with Crippen molar-refractivity contribution in [2.45, 2.75) is 24.9 Å². The molecule has 2 amide bonds. The zero-order valence-corrected chi connectivity index (χ0v) is 18.2. The Morgan fingerprint density at radius 2 is 2.09 bits per heavy atom. The van der Waals surface area contributed by atoms with Crippen molar-refractivity contribution in [2.75, 3.05) is 26.2 Å². The van der Waals surface area contributed by atoms with E-state index in [1.165, 1.54) is 11.0 Å². The second kappa shape index (κ2) is 8.42. The summed E-state index contributed by atoms with van der Waals surface area (Å²) in [6.45, 7) is 1.10. The monoisotopic (exact) mass is 466 g/mol. The van der Waals surface area contributed by atoms with Crippen molar-refractivity contribution in [3.05, 3.63) is 58.8 Å². The van der Waals surface area contributed by atoms with Crippen molar-refractivity contribution in [1.29, 1.82) is 5.26 Å². The third-order valence-electron chi connectivity index (χ3n) is 6.59. The maximum atomic E-state index is 14.7. The molecule has 1 saturated heterocycles. The van der Waals surface area contributed by atoms with E-state index in [0.29, 0.717) is 29.9 Å². The summed E-state index contributed by atoms with van der Waals surface area (Å²) in [7, 11) is 0. The highest BCUT2D eigenvalue weighted by molar-refractivity contribution is 5.90. The number of H-pyrrole nitrogens is 1. The number of aromatic nitrogens is 3. The molecule has 0 radical (unpaired) electrons. The summed E-state index contributed by atoms with van der Waals surface area (Å²) in [5.74, 6) is -1.47. The van der Waals surface area contributed by atoms with Crippen LogP contribution in [0.2, 0.25) is 0 Å². The van der Waals surface area contributed by atoms with Gasteiger partial charge in [-0.3, -0.25) is 9.89 Å². The van der Waals surface area contributed by atoms with Gasteiger partial charge in [0.2, 0.25) is 5.91 Å². The number of carboxylic acid groups (broad SMARTS) is 1. The van der Waals surface area contributed by atoms with Gasteiger partial charge in [-0.25, -0.2) is 14.6 Å². The molecule has 0 aliphatic carbocycles. The smallest absolute Gasteiger partial charge is 0.407 e. The fraction of sp³-hybridized carbons (Fsp3) is 0.409. The topological polar surface area (TPSA) is 141 Å². The molecule has 1 aromatic heterocycles. The molecule has 176 valence electrons. The molecule has 12 heteroatoms. The molecule has 4 heterocycles. The Bertz CT molecular complexity index is 1210. The van der Waals surface area contributed by atoms with Crippen LogP contribution in [-0.2, 0) is 24.2 Å². The number of nitrogens with one attached hydrogen (secondary N) is 2. The van der Waals surface area contributed by atoms with Gasteiger partial charge in [0.1, 0.15) is 23.0 Å². The number of rotatable bonds is 3. The summed E-state index contributed by atoms with van der Waals surface area (Å²) in [5.41, 5.74) is 4.35. The van der Waals surface area contributed by atoms with Crippen LogP contribution in [0.3, 0.4) is 0 Å². The highest BCUT2D eigenvalue weighted by Crippen LogP contribution is 2.34. The van der Waals surface area contributed by atoms with Crippen LogP contribution in [0.5, 0.6) is 0 Å². The van der Waals surface area contributed by atoms with E-state index in [1.807, 2.05) is 0 Å². The molecule has 3 aliphatic rings. The number of fused-ring (bicyclic) bond motifs is 2. The highest BCUT2D eigenvalue weighted by atomic mass is 19.1. The van der Waals surface area contributed by atoms with Crippen LogP contribution in [0.1, 0.15) is 17.0 Å². The van der Waals surface area contributed by atoms with Gasteiger partial charge in [-0.1, -0.05) is 23.4 Å². The van der Waals surface area contributed by atoms with Crippen LogP contribution in [0.15, 0.2) is 36.0 Å². The fourth-order valence-corrected chi connectivity index (χ4v) is 4.83. The van der Waals surface area contributed by atoms with Crippen molar-refractivity contribution in [2.24, 2.45) is 5.92 Å². The highest BCUT2D eigenvalue weighted by Gasteiger charge is 2.49. The van der Waals surface area contributed by atoms with Gasteiger partial charge in [-0.15, -0.1) is 5.10 Å². The van der Waals surface area contributed by atoms with Crippen molar-refractivity contribution in [3.63, 3.8) is 0 Å². The molecule has 2 unspecified atom stereocenters. The maximum absolute atomic E-state index is 14.7. The first-order chi connectivity index (χ1) is 16.4. The molecule has 34 heavy (non-hydrogen) atoms. The second-order valence-electron chi connectivity index (χ2n) is 8.70. The van der Waals surface area contributed by atoms with Crippen molar-refractivity contribution in [3.8, 4) is 6.07 Å². The molecule has 1 fully saturated rings. The third kappa shape index (κ3) is 3.73. The van der Waals surface area contributed by atoms with E-state index in [1.54, 1.807) is 34.2 Å². The Balaban J connectivity index is 1.53. The summed E-state index contributed by atoms with van der Waals surface area (Å²) >= 11 is 0. The van der Waals surface area contributed by atoms with Gasteiger partial charge < -0.3 is 19.9 Å². The van der Waals surface area contributed by atoms with Crippen molar-refractivity contribution >= 4 is 12.0 Å². The van der Waals surface area contributed by atoms with Crippen LogP contribution in [0.4, 0.5) is 9.18 Å². The van der Waals surface area contributed by atoms with Crippen LogP contribution < -0.4 is 5.43 Å². The predicted octanol–water partition coefficient (Wildman–Crippen LogP) is 0.647. The quantitative estimate of drug-likeness (QED) is 0.599. The normalized spacial score (nSPS) is 24.1. The van der Waals surface area contributed by atoms with Crippen molar-refractivity contribution in [1.82, 2.24) is 35.6 Å². The van der Waals surface area contributed by atoms with E-state index >= 15 is 0 Å². The lowest BCUT2D eigenvalue weighted by Gasteiger charge is -2.36. The summed E-state index contributed by atoms with van der Waals surface area (Å²) in [5, 5.41) is 31.6. The summed E-state index contributed by atoms with van der Waals surface area (Å²) in [4.78, 5) is 28.4. The number of aromatic amines is 1. The molecule has 0 spiro atoms. The Kier molecular flexibility index (Phi) is 5.41. The maximum Gasteiger partial charge on any atom is 0.407 e. The van der Waals surface area contributed by atoms with Gasteiger partial charge in [-0.2, -0.15) is 5.26 Å². The molecular weight excluding hydrogens is 443 g/mol. The van der Waals surface area contributed by atoms with Crippen molar-refractivity contribution < 1.29 is 19.1 Å².